The fraction of sp³-hybridized carbons (Fsp3) is 0.316. The summed E-state index contributed by atoms with van der Waals surface area (Å²) in [5.74, 6) is -0.0977. The Morgan fingerprint density at radius 3 is 2.54 bits per heavy atom. The van der Waals surface area contributed by atoms with Crippen molar-refractivity contribution in [3.63, 3.8) is 0 Å². The van der Waals surface area contributed by atoms with E-state index in [0.29, 0.717) is 18.7 Å². The zero-order valence-corrected chi connectivity index (χ0v) is 15.7. The van der Waals surface area contributed by atoms with Crippen molar-refractivity contribution in [3.05, 3.63) is 59.7 Å². The highest BCUT2D eigenvalue weighted by Gasteiger charge is 2.28. The number of carbonyl (C=O) groups excluding carboxylic acids is 1. The summed E-state index contributed by atoms with van der Waals surface area (Å²) >= 11 is 0. The van der Waals surface area contributed by atoms with E-state index in [0.717, 1.165) is 11.1 Å². The Balaban J connectivity index is 1.83. The largest absolute Gasteiger partial charge is 0.324 e. The first-order valence-corrected chi connectivity index (χ1v) is 9.91. The monoisotopic (exact) mass is 373 g/mol. The highest BCUT2D eigenvalue weighted by molar-refractivity contribution is 7.89. The molecule has 2 aromatic carbocycles. The van der Waals surface area contributed by atoms with Gasteiger partial charge in [-0.2, -0.15) is 0 Å². The Morgan fingerprint density at radius 1 is 1.19 bits per heavy atom. The van der Waals surface area contributed by atoms with E-state index >= 15 is 0 Å². The van der Waals surface area contributed by atoms with Gasteiger partial charge in [0.1, 0.15) is 0 Å². The first-order valence-electron chi connectivity index (χ1n) is 8.47. The van der Waals surface area contributed by atoms with Crippen LogP contribution in [0.25, 0.3) is 0 Å². The summed E-state index contributed by atoms with van der Waals surface area (Å²) in [6.45, 7) is 0.543. The summed E-state index contributed by atoms with van der Waals surface area (Å²) in [5.41, 5.74) is 8.72. The molecule has 1 atom stereocenters. The van der Waals surface area contributed by atoms with Crippen molar-refractivity contribution in [2.45, 2.75) is 23.8 Å². The second kappa shape index (κ2) is 7.19. The molecule has 26 heavy (non-hydrogen) atoms. The molecule has 7 heteroatoms. The molecule has 0 spiro atoms. The van der Waals surface area contributed by atoms with E-state index in [9.17, 15) is 13.2 Å². The fourth-order valence-corrected chi connectivity index (χ4v) is 4.03. The van der Waals surface area contributed by atoms with Gasteiger partial charge in [-0.05, 0) is 29.7 Å². The minimum absolute atomic E-state index is 0.0977. The fourth-order valence-electron chi connectivity index (χ4n) is 3.11. The van der Waals surface area contributed by atoms with Crippen LogP contribution >= 0.6 is 0 Å². The minimum Gasteiger partial charge on any atom is -0.324 e. The van der Waals surface area contributed by atoms with Gasteiger partial charge in [-0.15, -0.1) is 0 Å². The first kappa shape index (κ1) is 18.6. The van der Waals surface area contributed by atoms with Crippen molar-refractivity contribution < 1.29 is 13.2 Å². The highest BCUT2D eigenvalue weighted by Crippen LogP contribution is 2.32. The van der Waals surface area contributed by atoms with Gasteiger partial charge in [0, 0.05) is 38.8 Å². The molecule has 1 unspecified atom stereocenters. The lowest BCUT2D eigenvalue weighted by molar-refractivity contribution is -0.118. The quantitative estimate of drug-likeness (QED) is 0.868. The molecule has 0 aromatic heterocycles. The maximum atomic E-state index is 12.8. The van der Waals surface area contributed by atoms with E-state index in [2.05, 4.69) is 0 Å². The predicted molar refractivity (Wildman–Crippen MR) is 101 cm³/mol. The van der Waals surface area contributed by atoms with Crippen LogP contribution < -0.4 is 10.6 Å². The molecule has 1 amide bonds. The molecule has 0 saturated carbocycles. The molecule has 0 radical (unpaired) electrons. The van der Waals surface area contributed by atoms with Gasteiger partial charge in [0.15, 0.2) is 0 Å². The maximum absolute atomic E-state index is 12.8. The molecule has 1 aliphatic rings. The van der Waals surface area contributed by atoms with Gasteiger partial charge < -0.3 is 10.6 Å². The highest BCUT2D eigenvalue weighted by atomic mass is 32.2. The lowest BCUT2D eigenvalue weighted by Gasteiger charge is -2.21. The molecule has 0 saturated heterocycles. The van der Waals surface area contributed by atoms with Crippen LogP contribution in [0.15, 0.2) is 53.4 Å². The molecule has 2 N–H and O–H groups in total. The van der Waals surface area contributed by atoms with E-state index in [1.807, 2.05) is 30.3 Å². The smallest absolute Gasteiger partial charge is 0.242 e. The molecular weight excluding hydrogens is 350 g/mol. The van der Waals surface area contributed by atoms with E-state index in [1.54, 1.807) is 23.1 Å². The van der Waals surface area contributed by atoms with Gasteiger partial charge in [-0.3, -0.25) is 4.79 Å². The van der Waals surface area contributed by atoms with Gasteiger partial charge in [0.25, 0.3) is 0 Å². The van der Waals surface area contributed by atoms with E-state index in [1.165, 1.54) is 18.4 Å². The van der Waals surface area contributed by atoms with Crippen molar-refractivity contribution in [1.82, 2.24) is 4.31 Å². The van der Waals surface area contributed by atoms with Crippen LogP contribution in [0.3, 0.4) is 0 Å². The number of nitrogens with two attached hydrogens (primary N) is 1. The summed E-state index contributed by atoms with van der Waals surface area (Å²) in [5, 5.41) is 0. The van der Waals surface area contributed by atoms with Crippen molar-refractivity contribution >= 4 is 21.6 Å². The predicted octanol–water partition coefficient (Wildman–Crippen LogP) is 1.92. The van der Waals surface area contributed by atoms with E-state index in [4.69, 9.17) is 5.73 Å². The number of sulfonamides is 1. The number of hydrogen-bond donors (Lipinski definition) is 1. The summed E-state index contributed by atoms with van der Waals surface area (Å²) in [6.07, 6.45) is 0.887. The molecular formula is C19H23N3O3S. The molecule has 0 fully saturated rings. The van der Waals surface area contributed by atoms with Gasteiger partial charge in [0.05, 0.1) is 4.90 Å². The Hall–Kier alpha value is -2.22. The summed E-state index contributed by atoms with van der Waals surface area (Å²) < 4.78 is 25.9. The van der Waals surface area contributed by atoms with E-state index in [-0.39, 0.29) is 23.3 Å². The SMILES string of the molecule is CN(C)S(=O)(=O)c1ccc2c(c1)N(C(=O)CC(N)c1ccccc1)CC2. The van der Waals surface area contributed by atoms with Crippen molar-refractivity contribution in [3.8, 4) is 0 Å². The molecule has 3 rings (SSSR count). The number of carbonyl (C=O) groups is 1. The van der Waals surface area contributed by atoms with Gasteiger partial charge in [0.2, 0.25) is 15.9 Å². The maximum Gasteiger partial charge on any atom is 0.242 e. The van der Waals surface area contributed by atoms with Gasteiger partial charge in [-0.1, -0.05) is 36.4 Å². The molecule has 0 aliphatic carbocycles. The Bertz CT molecular complexity index is 911. The standard InChI is InChI=1S/C19H23N3O3S/c1-21(2)26(24,25)16-9-8-15-10-11-22(18(15)12-16)19(23)13-17(20)14-6-4-3-5-7-14/h3-9,12,17H,10-11,13,20H2,1-2H3. The summed E-state index contributed by atoms with van der Waals surface area (Å²) in [6, 6.07) is 14.1. The van der Waals surface area contributed by atoms with E-state index < -0.39 is 10.0 Å². The van der Waals surface area contributed by atoms with Crippen molar-refractivity contribution in [2.75, 3.05) is 25.5 Å². The number of hydrogen-bond acceptors (Lipinski definition) is 4. The second-order valence-electron chi connectivity index (χ2n) is 6.59. The molecule has 2 aromatic rings. The molecule has 0 bridgehead atoms. The van der Waals surface area contributed by atoms with Gasteiger partial charge in [-0.25, -0.2) is 12.7 Å². The summed E-state index contributed by atoms with van der Waals surface area (Å²) in [4.78, 5) is 14.6. The normalized spacial score (nSPS) is 15.2. The zero-order valence-electron chi connectivity index (χ0n) is 14.9. The van der Waals surface area contributed by atoms with Gasteiger partial charge >= 0.3 is 0 Å². The van der Waals surface area contributed by atoms with Crippen molar-refractivity contribution in [2.24, 2.45) is 5.73 Å². The zero-order chi connectivity index (χ0) is 18.9. The van der Waals surface area contributed by atoms with Crippen LogP contribution in [-0.2, 0) is 21.2 Å². The Kier molecular flexibility index (Phi) is 5.13. The van der Waals surface area contributed by atoms with Crippen LogP contribution in [0.4, 0.5) is 5.69 Å². The first-order chi connectivity index (χ1) is 12.3. The summed E-state index contributed by atoms with van der Waals surface area (Å²) in [7, 11) is -0.562. The topological polar surface area (TPSA) is 83.7 Å². The lowest BCUT2D eigenvalue weighted by atomic mass is 10.0. The molecule has 6 nitrogen and oxygen atoms in total. The lowest BCUT2D eigenvalue weighted by Crippen LogP contribution is -2.32. The van der Waals surface area contributed by atoms with Crippen molar-refractivity contribution in [1.29, 1.82) is 0 Å². The third-order valence-electron chi connectivity index (χ3n) is 4.65. The number of amides is 1. The van der Waals surface area contributed by atoms with Crippen LogP contribution in [-0.4, -0.2) is 39.3 Å². The number of benzene rings is 2. The Labute approximate surface area is 154 Å². The number of rotatable bonds is 5. The third-order valence-corrected chi connectivity index (χ3v) is 6.47. The average Bonchev–Trinajstić information content (AvgIpc) is 3.05. The third kappa shape index (κ3) is 3.51. The van der Waals surface area contributed by atoms with Crippen LogP contribution in [0.1, 0.15) is 23.6 Å². The molecule has 1 heterocycles. The van der Waals surface area contributed by atoms with Crippen LogP contribution in [0, 0.1) is 0 Å². The number of fused-ring (bicyclic) bond motifs is 1. The minimum atomic E-state index is -3.54. The van der Waals surface area contributed by atoms with Crippen LogP contribution in [0.2, 0.25) is 0 Å². The number of nitrogens with zero attached hydrogens (tertiary/aromatic N) is 2. The Morgan fingerprint density at radius 2 is 1.88 bits per heavy atom. The number of anilines is 1. The second-order valence-corrected chi connectivity index (χ2v) is 8.75. The molecule has 138 valence electrons. The average molecular weight is 373 g/mol. The molecule has 1 aliphatic heterocycles. The van der Waals surface area contributed by atoms with Crippen LogP contribution in [0.5, 0.6) is 0 Å².